The van der Waals surface area contributed by atoms with Gasteiger partial charge in [0.25, 0.3) is 0 Å². The van der Waals surface area contributed by atoms with E-state index in [-0.39, 0.29) is 0 Å². The van der Waals surface area contributed by atoms with Gasteiger partial charge in [0.05, 0.1) is 19.8 Å². The smallest absolute Gasteiger partial charge is 0.184 e. The first-order valence-corrected chi connectivity index (χ1v) is 7.46. The standard InChI is InChI=1S/C16H21N3O2/c1-20-12-8-9-13(14(10-12)21-2)16-17-15(18-19-16)11-6-4-3-5-7-11/h8-11H,3-7H2,1-2H3,(H,17,18,19). The number of nitrogens with zero attached hydrogens (tertiary/aromatic N) is 2. The summed E-state index contributed by atoms with van der Waals surface area (Å²) >= 11 is 0. The van der Waals surface area contributed by atoms with E-state index in [1.165, 1.54) is 32.1 Å². The normalized spacial score (nSPS) is 15.9. The molecule has 0 radical (unpaired) electrons. The van der Waals surface area contributed by atoms with Crippen LogP contribution in [-0.2, 0) is 0 Å². The second kappa shape index (κ2) is 6.16. The number of benzene rings is 1. The van der Waals surface area contributed by atoms with E-state index in [0.29, 0.717) is 11.7 Å². The van der Waals surface area contributed by atoms with E-state index in [2.05, 4.69) is 15.2 Å². The van der Waals surface area contributed by atoms with Crippen molar-refractivity contribution >= 4 is 0 Å². The van der Waals surface area contributed by atoms with Crippen LogP contribution >= 0.6 is 0 Å². The summed E-state index contributed by atoms with van der Waals surface area (Å²) in [5.41, 5.74) is 0.886. The van der Waals surface area contributed by atoms with E-state index < -0.39 is 0 Å². The van der Waals surface area contributed by atoms with Gasteiger partial charge < -0.3 is 9.47 Å². The van der Waals surface area contributed by atoms with Crippen LogP contribution in [0.3, 0.4) is 0 Å². The maximum absolute atomic E-state index is 5.42. The predicted octanol–water partition coefficient (Wildman–Crippen LogP) is 3.54. The van der Waals surface area contributed by atoms with Crippen molar-refractivity contribution in [2.75, 3.05) is 14.2 Å². The van der Waals surface area contributed by atoms with Crippen LogP contribution in [0.4, 0.5) is 0 Å². The van der Waals surface area contributed by atoms with Crippen LogP contribution in [0.15, 0.2) is 18.2 Å². The molecule has 1 aliphatic carbocycles. The van der Waals surface area contributed by atoms with Gasteiger partial charge in [-0.2, -0.15) is 5.10 Å². The Kier molecular flexibility index (Phi) is 4.08. The molecule has 0 spiro atoms. The molecule has 3 rings (SSSR count). The minimum Gasteiger partial charge on any atom is -0.497 e. The minimum absolute atomic E-state index is 0.518. The highest BCUT2D eigenvalue weighted by molar-refractivity contribution is 5.65. The molecule has 1 aliphatic rings. The largest absolute Gasteiger partial charge is 0.497 e. The number of hydrogen-bond donors (Lipinski definition) is 1. The summed E-state index contributed by atoms with van der Waals surface area (Å²) in [6.07, 6.45) is 6.31. The third-order valence-electron chi connectivity index (χ3n) is 4.14. The summed E-state index contributed by atoms with van der Waals surface area (Å²) < 4.78 is 10.6. The lowest BCUT2D eigenvalue weighted by Crippen LogP contribution is -2.06. The van der Waals surface area contributed by atoms with Gasteiger partial charge in [0.15, 0.2) is 5.82 Å². The molecule has 1 saturated carbocycles. The molecule has 0 atom stereocenters. The first-order valence-electron chi connectivity index (χ1n) is 7.46. The van der Waals surface area contributed by atoms with Gasteiger partial charge >= 0.3 is 0 Å². The van der Waals surface area contributed by atoms with Gasteiger partial charge in [0, 0.05) is 12.0 Å². The summed E-state index contributed by atoms with van der Waals surface area (Å²) in [5, 5.41) is 7.47. The number of ether oxygens (including phenoxy) is 2. The van der Waals surface area contributed by atoms with Crippen LogP contribution in [-0.4, -0.2) is 29.4 Å². The van der Waals surface area contributed by atoms with Crippen LogP contribution in [0.5, 0.6) is 11.5 Å². The topological polar surface area (TPSA) is 60.0 Å². The molecule has 5 heteroatoms. The molecule has 1 N–H and O–H groups in total. The summed E-state index contributed by atoms with van der Waals surface area (Å²) in [4.78, 5) is 4.68. The molecular weight excluding hydrogens is 266 g/mol. The highest BCUT2D eigenvalue weighted by atomic mass is 16.5. The molecule has 1 fully saturated rings. The second-order valence-electron chi connectivity index (χ2n) is 5.45. The first kappa shape index (κ1) is 13.9. The van der Waals surface area contributed by atoms with Crippen LogP contribution in [0, 0.1) is 0 Å². The Bertz CT molecular complexity index is 603. The summed E-state index contributed by atoms with van der Waals surface area (Å²) in [6.45, 7) is 0. The van der Waals surface area contributed by atoms with Gasteiger partial charge in [-0.25, -0.2) is 4.98 Å². The first-order chi connectivity index (χ1) is 10.3. The summed E-state index contributed by atoms with van der Waals surface area (Å²) in [7, 11) is 3.29. The predicted molar refractivity (Wildman–Crippen MR) is 80.7 cm³/mol. The monoisotopic (exact) mass is 287 g/mol. The lowest BCUT2D eigenvalue weighted by molar-refractivity contribution is 0.395. The van der Waals surface area contributed by atoms with Crippen LogP contribution in [0.2, 0.25) is 0 Å². The minimum atomic E-state index is 0.518. The average molecular weight is 287 g/mol. The van der Waals surface area contributed by atoms with Crippen molar-refractivity contribution in [1.29, 1.82) is 0 Å². The third kappa shape index (κ3) is 2.86. The molecule has 0 saturated heterocycles. The highest BCUT2D eigenvalue weighted by Crippen LogP contribution is 2.34. The number of hydrogen-bond acceptors (Lipinski definition) is 4. The average Bonchev–Trinajstić information content (AvgIpc) is 3.04. The van der Waals surface area contributed by atoms with E-state index in [1.807, 2.05) is 18.2 Å². The molecule has 21 heavy (non-hydrogen) atoms. The van der Waals surface area contributed by atoms with Crippen molar-refractivity contribution < 1.29 is 9.47 Å². The molecule has 0 amide bonds. The number of rotatable bonds is 4. The maximum atomic E-state index is 5.42. The van der Waals surface area contributed by atoms with E-state index >= 15 is 0 Å². The molecule has 0 aliphatic heterocycles. The van der Waals surface area contributed by atoms with Gasteiger partial charge in [0.1, 0.15) is 17.3 Å². The van der Waals surface area contributed by atoms with Crippen molar-refractivity contribution in [2.24, 2.45) is 0 Å². The Hall–Kier alpha value is -2.04. The number of H-pyrrole nitrogens is 1. The Labute approximate surface area is 124 Å². The van der Waals surface area contributed by atoms with E-state index in [1.54, 1.807) is 14.2 Å². The zero-order chi connectivity index (χ0) is 14.7. The van der Waals surface area contributed by atoms with Gasteiger partial charge in [-0.15, -0.1) is 0 Å². The molecule has 1 heterocycles. The van der Waals surface area contributed by atoms with Crippen molar-refractivity contribution in [2.45, 2.75) is 38.0 Å². The van der Waals surface area contributed by atoms with Crippen molar-refractivity contribution in [1.82, 2.24) is 15.2 Å². The zero-order valence-corrected chi connectivity index (χ0v) is 12.6. The molecule has 0 unspecified atom stereocenters. The van der Waals surface area contributed by atoms with Gasteiger partial charge in [-0.1, -0.05) is 19.3 Å². The van der Waals surface area contributed by atoms with Gasteiger partial charge in [-0.3, -0.25) is 5.10 Å². The molecule has 1 aromatic heterocycles. The Morgan fingerprint density at radius 3 is 2.62 bits per heavy atom. The molecule has 112 valence electrons. The summed E-state index contributed by atoms with van der Waals surface area (Å²) in [6, 6.07) is 5.69. The number of aromatic amines is 1. The fourth-order valence-electron chi connectivity index (χ4n) is 2.94. The third-order valence-corrected chi connectivity index (χ3v) is 4.14. The van der Waals surface area contributed by atoms with E-state index in [0.717, 1.165) is 22.9 Å². The molecule has 0 bridgehead atoms. The SMILES string of the molecule is COc1ccc(-c2n[nH]c(C3CCCCC3)n2)c(OC)c1. The quantitative estimate of drug-likeness (QED) is 0.934. The Morgan fingerprint density at radius 2 is 1.90 bits per heavy atom. The molecule has 1 aromatic carbocycles. The van der Waals surface area contributed by atoms with Gasteiger partial charge in [0.2, 0.25) is 0 Å². The van der Waals surface area contributed by atoms with Crippen molar-refractivity contribution in [3.05, 3.63) is 24.0 Å². The van der Waals surface area contributed by atoms with E-state index in [4.69, 9.17) is 9.47 Å². The zero-order valence-electron chi connectivity index (χ0n) is 12.6. The van der Waals surface area contributed by atoms with Gasteiger partial charge in [-0.05, 0) is 25.0 Å². The number of nitrogens with one attached hydrogen (secondary N) is 1. The summed E-state index contributed by atoms with van der Waals surface area (Å²) in [5.74, 6) is 3.70. The van der Waals surface area contributed by atoms with Crippen molar-refractivity contribution in [3.8, 4) is 22.9 Å². The maximum Gasteiger partial charge on any atom is 0.184 e. The second-order valence-corrected chi connectivity index (χ2v) is 5.45. The lowest BCUT2D eigenvalue weighted by Gasteiger charge is -2.18. The fourth-order valence-corrected chi connectivity index (χ4v) is 2.94. The Morgan fingerprint density at radius 1 is 1.10 bits per heavy atom. The molecular formula is C16H21N3O2. The number of aromatic nitrogens is 3. The highest BCUT2D eigenvalue weighted by Gasteiger charge is 2.20. The fraction of sp³-hybridized carbons (Fsp3) is 0.500. The lowest BCUT2D eigenvalue weighted by atomic mass is 9.89. The van der Waals surface area contributed by atoms with E-state index in [9.17, 15) is 0 Å². The van der Waals surface area contributed by atoms with Crippen LogP contribution in [0.25, 0.3) is 11.4 Å². The molecule has 2 aromatic rings. The van der Waals surface area contributed by atoms with Crippen molar-refractivity contribution in [3.63, 3.8) is 0 Å². The van der Waals surface area contributed by atoms with Crippen LogP contribution in [0.1, 0.15) is 43.8 Å². The number of methoxy groups -OCH3 is 2. The Balaban J connectivity index is 1.88. The molecule has 5 nitrogen and oxygen atoms in total. The van der Waals surface area contributed by atoms with Crippen LogP contribution < -0.4 is 9.47 Å².